The molecule has 1 fully saturated rings. The van der Waals surface area contributed by atoms with Crippen molar-refractivity contribution < 1.29 is 9.26 Å². The van der Waals surface area contributed by atoms with E-state index in [4.69, 9.17) is 9.26 Å². The van der Waals surface area contributed by atoms with Gasteiger partial charge in [-0.05, 0) is 39.7 Å². The van der Waals surface area contributed by atoms with Crippen LogP contribution in [0.4, 0.5) is 0 Å². The highest BCUT2D eigenvalue weighted by atomic mass is 16.5. The summed E-state index contributed by atoms with van der Waals surface area (Å²) in [5, 5.41) is 7.30. The van der Waals surface area contributed by atoms with Gasteiger partial charge in [0.2, 0.25) is 11.7 Å². The van der Waals surface area contributed by atoms with Gasteiger partial charge in [-0.25, -0.2) is 0 Å². The average Bonchev–Trinajstić information content (AvgIpc) is 3.11. The number of ether oxygens (including phenoxy) is 1. The number of nitrogens with one attached hydrogen (secondary N) is 1. The largest absolute Gasteiger partial charge is 0.370 e. The minimum Gasteiger partial charge on any atom is -0.370 e. The molecule has 0 spiro atoms. The Hall–Kier alpha value is -0.940. The van der Waals surface area contributed by atoms with Crippen LogP contribution in [-0.4, -0.2) is 29.8 Å². The van der Waals surface area contributed by atoms with Crippen LogP contribution in [0.5, 0.6) is 0 Å². The van der Waals surface area contributed by atoms with Crippen LogP contribution in [0.3, 0.4) is 0 Å². The molecule has 0 amide bonds. The third kappa shape index (κ3) is 2.90. The highest BCUT2D eigenvalue weighted by molar-refractivity contribution is 5.02. The van der Waals surface area contributed by atoms with E-state index in [1.54, 1.807) is 0 Å². The molecule has 3 atom stereocenters. The van der Waals surface area contributed by atoms with Gasteiger partial charge in [0.05, 0.1) is 5.92 Å². The second-order valence-corrected chi connectivity index (χ2v) is 5.07. The Morgan fingerprint density at radius 2 is 2.17 bits per heavy atom. The Balaban J connectivity index is 2.08. The van der Waals surface area contributed by atoms with E-state index in [1.165, 1.54) is 12.8 Å². The molecule has 1 aromatic rings. The number of nitrogens with zero attached hydrogens (tertiary/aromatic N) is 2. The molecule has 1 aliphatic carbocycles. The van der Waals surface area contributed by atoms with Crippen molar-refractivity contribution in [2.24, 2.45) is 5.92 Å². The zero-order valence-electron chi connectivity index (χ0n) is 11.6. The molecule has 0 aromatic carbocycles. The van der Waals surface area contributed by atoms with Gasteiger partial charge in [0.1, 0.15) is 6.10 Å². The fourth-order valence-electron chi connectivity index (χ4n) is 2.01. The first-order chi connectivity index (χ1) is 8.67. The summed E-state index contributed by atoms with van der Waals surface area (Å²) in [7, 11) is 1.94. The van der Waals surface area contributed by atoms with Crippen LogP contribution in [0, 0.1) is 5.92 Å². The van der Waals surface area contributed by atoms with Gasteiger partial charge in [-0.2, -0.15) is 4.98 Å². The summed E-state index contributed by atoms with van der Waals surface area (Å²) in [6.07, 6.45) is 2.43. The number of hydrogen-bond donors (Lipinski definition) is 1. The Kier molecular flexibility index (Phi) is 4.35. The second kappa shape index (κ2) is 5.80. The lowest BCUT2D eigenvalue weighted by molar-refractivity contribution is 0.0384. The molecule has 0 radical (unpaired) electrons. The average molecular weight is 253 g/mol. The lowest BCUT2D eigenvalue weighted by atomic mass is 10.0. The molecule has 0 aliphatic heterocycles. The molecular weight excluding hydrogens is 230 g/mol. The van der Waals surface area contributed by atoms with Gasteiger partial charge in [0.25, 0.3) is 0 Å². The summed E-state index contributed by atoms with van der Waals surface area (Å²) in [5.74, 6) is 2.19. The van der Waals surface area contributed by atoms with E-state index in [-0.39, 0.29) is 12.0 Å². The molecule has 1 saturated carbocycles. The molecule has 1 N–H and O–H groups in total. The van der Waals surface area contributed by atoms with E-state index in [0.717, 1.165) is 0 Å². The normalized spacial score (nSPS) is 20.7. The molecule has 1 aliphatic rings. The molecule has 5 heteroatoms. The first kappa shape index (κ1) is 13.5. The van der Waals surface area contributed by atoms with Crippen LogP contribution in [-0.2, 0) is 4.74 Å². The maximum atomic E-state index is 5.73. The summed E-state index contributed by atoms with van der Waals surface area (Å²) >= 11 is 0. The van der Waals surface area contributed by atoms with E-state index in [0.29, 0.717) is 30.3 Å². The monoisotopic (exact) mass is 253 g/mol. The first-order valence-electron chi connectivity index (χ1n) is 6.79. The first-order valence-corrected chi connectivity index (χ1v) is 6.79. The van der Waals surface area contributed by atoms with Gasteiger partial charge < -0.3 is 14.6 Å². The van der Waals surface area contributed by atoms with E-state index in [1.807, 2.05) is 14.0 Å². The zero-order valence-corrected chi connectivity index (χ0v) is 11.6. The van der Waals surface area contributed by atoms with Crippen molar-refractivity contribution in [1.29, 1.82) is 0 Å². The molecular formula is C13H23N3O2. The predicted molar refractivity (Wildman–Crippen MR) is 68.3 cm³/mol. The third-order valence-corrected chi connectivity index (χ3v) is 3.70. The molecule has 0 bridgehead atoms. The summed E-state index contributed by atoms with van der Waals surface area (Å²) in [6, 6.07) is 0.310. The quantitative estimate of drug-likeness (QED) is 0.807. The van der Waals surface area contributed by atoms with Crippen molar-refractivity contribution in [1.82, 2.24) is 15.5 Å². The van der Waals surface area contributed by atoms with Crippen molar-refractivity contribution in [2.75, 3.05) is 13.7 Å². The molecule has 2 rings (SSSR count). The lowest BCUT2D eigenvalue weighted by Crippen LogP contribution is -2.27. The highest BCUT2D eigenvalue weighted by Crippen LogP contribution is 2.42. The van der Waals surface area contributed by atoms with Crippen molar-refractivity contribution in [3.05, 3.63) is 11.7 Å². The molecule has 5 nitrogen and oxygen atoms in total. The maximum absolute atomic E-state index is 5.73. The molecule has 3 unspecified atom stereocenters. The van der Waals surface area contributed by atoms with Gasteiger partial charge >= 0.3 is 0 Å². The van der Waals surface area contributed by atoms with Crippen LogP contribution in [0.1, 0.15) is 57.3 Å². The topological polar surface area (TPSA) is 60.2 Å². The van der Waals surface area contributed by atoms with Crippen molar-refractivity contribution in [3.8, 4) is 0 Å². The van der Waals surface area contributed by atoms with Gasteiger partial charge in [-0.15, -0.1) is 0 Å². The molecule has 102 valence electrons. The Morgan fingerprint density at radius 3 is 2.72 bits per heavy atom. The fraction of sp³-hybridized carbons (Fsp3) is 0.846. The van der Waals surface area contributed by atoms with Crippen LogP contribution in [0.25, 0.3) is 0 Å². The van der Waals surface area contributed by atoms with Crippen LogP contribution < -0.4 is 5.32 Å². The van der Waals surface area contributed by atoms with Crippen LogP contribution >= 0.6 is 0 Å². The number of hydrogen-bond acceptors (Lipinski definition) is 5. The Morgan fingerprint density at radius 1 is 1.44 bits per heavy atom. The van der Waals surface area contributed by atoms with Crippen LogP contribution in [0.2, 0.25) is 0 Å². The van der Waals surface area contributed by atoms with Gasteiger partial charge in [0, 0.05) is 12.6 Å². The minimum absolute atomic E-state index is 0.0181. The molecule has 1 heterocycles. The summed E-state index contributed by atoms with van der Waals surface area (Å²) < 4.78 is 11.1. The van der Waals surface area contributed by atoms with E-state index in [2.05, 4.69) is 29.3 Å². The highest BCUT2D eigenvalue weighted by Gasteiger charge is 2.36. The Labute approximate surface area is 108 Å². The molecule has 0 saturated heterocycles. The van der Waals surface area contributed by atoms with E-state index < -0.39 is 0 Å². The van der Waals surface area contributed by atoms with Gasteiger partial charge in [-0.3, -0.25) is 0 Å². The standard InChI is InChI=1S/C13H23N3O2/c1-5-17-11(10-6-7-10)12-15-13(18-16-12)8(2)9(3)14-4/h8-11,14H,5-7H2,1-4H3. The summed E-state index contributed by atoms with van der Waals surface area (Å²) in [5.41, 5.74) is 0. The molecule has 18 heavy (non-hydrogen) atoms. The summed E-state index contributed by atoms with van der Waals surface area (Å²) in [6.45, 7) is 6.89. The predicted octanol–water partition coefficient (Wildman–Crippen LogP) is 2.27. The number of likely N-dealkylation sites (N-methyl/N-ethyl adjacent to an activating group) is 1. The fourth-order valence-corrected chi connectivity index (χ4v) is 2.01. The number of rotatable bonds is 7. The number of aromatic nitrogens is 2. The van der Waals surface area contributed by atoms with Gasteiger partial charge in [0.15, 0.2) is 0 Å². The van der Waals surface area contributed by atoms with Gasteiger partial charge in [-0.1, -0.05) is 12.1 Å². The van der Waals surface area contributed by atoms with E-state index in [9.17, 15) is 0 Å². The second-order valence-electron chi connectivity index (χ2n) is 5.07. The molecule has 1 aromatic heterocycles. The lowest BCUT2D eigenvalue weighted by Gasteiger charge is -2.15. The zero-order chi connectivity index (χ0) is 13.1. The van der Waals surface area contributed by atoms with E-state index >= 15 is 0 Å². The van der Waals surface area contributed by atoms with Crippen molar-refractivity contribution in [2.45, 2.75) is 51.7 Å². The summed E-state index contributed by atoms with van der Waals surface area (Å²) in [4.78, 5) is 4.52. The third-order valence-electron chi connectivity index (χ3n) is 3.70. The van der Waals surface area contributed by atoms with Crippen LogP contribution in [0.15, 0.2) is 4.52 Å². The minimum atomic E-state index is 0.0181. The maximum Gasteiger partial charge on any atom is 0.231 e. The van der Waals surface area contributed by atoms with Crippen molar-refractivity contribution >= 4 is 0 Å². The smallest absolute Gasteiger partial charge is 0.231 e. The SMILES string of the molecule is CCOC(c1noc(C(C)C(C)NC)n1)C1CC1. The van der Waals surface area contributed by atoms with Crippen molar-refractivity contribution in [3.63, 3.8) is 0 Å². The Bertz CT molecular complexity index is 376.